The first-order valence-corrected chi connectivity index (χ1v) is 9.33. The van der Waals surface area contributed by atoms with Crippen LogP contribution < -0.4 is 0 Å². The molecule has 2 nitrogen and oxygen atoms in total. The second kappa shape index (κ2) is 5.86. The minimum atomic E-state index is 0.230. The van der Waals surface area contributed by atoms with Gasteiger partial charge in [-0.1, -0.05) is 12.8 Å². The molecule has 1 aromatic heterocycles. The molecule has 104 valence electrons. The number of amides is 1. The van der Waals surface area contributed by atoms with Crippen LogP contribution in [0.2, 0.25) is 0 Å². The Kier molecular flexibility index (Phi) is 4.34. The number of fused-ring (bicyclic) bond motifs is 1. The third-order valence-corrected chi connectivity index (χ3v) is 7.60. The van der Waals surface area contributed by atoms with Crippen molar-refractivity contribution >= 4 is 49.1 Å². The summed E-state index contributed by atoms with van der Waals surface area (Å²) in [6, 6.07) is 2.44. The van der Waals surface area contributed by atoms with E-state index in [2.05, 4.69) is 36.8 Å². The van der Waals surface area contributed by atoms with Crippen LogP contribution in [0.15, 0.2) is 14.3 Å². The van der Waals surface area contributed by atoms with E-state index in [1.807, 2.05) is 6.07 Å². The van der Waals surface area contributed by atoms with Crippen LogP contribution in [0.25, 0.3) is 0 Å². The Bertz CT molecular complexity index is 466. The minimum Gasteiger partial charge on any atom is -0.335 e. The summed E-state index contributed by atoms with van der Waals surface area (Å²) >= 11 is 8.48. The number of piperidine rings is 1. The summed E-state index contributed by atoms with van der Waals surface area (Å²) in [4.78, 5) is 15.7. The van der Waals surface area contributed by atoms with E-state index < -0.39 is 0 Å². The van der Waals surface area contributed by atoms with Gasteiger partial charge < -0.3 is 4.90 Å². The fourth-order valence-electron chi connectivity index (χ4n) is 3.47. The number of halogens is 2. The Labute approximate surface area is 134 Å². The van der Waals surface area contributed by atoms with Gasteiger partial charge in [0.05, 0.1) is 8.66 Å². The lowest BCUT2D eigenvalue weighted by Gasteiger charge is -2.44. The number of hydrogen-bond donors (Lipinski definition) is 0. The normalized spacial score (nSPS) is 27.2. The Balaban J connectivity index is 1.81. The first-order chi connectivity index (χ1) is 9.16. The van der Waals surface area contributed by atoms with Gasteiger partial charge in [0.25, 0.3) is 5.91 Å². The van der Waals surface area contributed by atoms with Gasteiger partial charge in [0.15, 0.2) is 0 Å². The molecule has 1 aliphatic carbocycles. The zero-order valence-corrected chi connectivity index (χ0v) is 14.7. The van der Waals surface area contributed by atoms with Gasteiger partial charge in [0.2, 0.25) is 0 Å². The Hall–Kier alpha value is 0.130. The maximum absolute atomic E-state index is 12.7. The van der Waals surface area contributed by atoms with Crippen molar-refractivity contribution in [1.29, 1.82) is 0 Å². The van der Waals surface area contributed by atoms with Gasteiger partial charge in [-0.2, -0.15) is 0 Å². The predicted octanol–water partition coefficient (Wildman–Crippen LogP) is 5.07. The highest BCUT2D eigenvalue weighted by Gasteiger charge is 2.36. The number of hydrogen-bond acceptors (Lipinski definition) is 2. The SMILES string of the molecule is O=C(c1cc(Br)c(Br)s1)N1CCCC2CCCCC21. The summed E-state index contributed by atoms with van der Waals surface area (Å²) in [5, 5.41) is 0. The van der Waals surface area contributed by atoms with Crippen molar-refractivity contribution in [3.63, 3.8) is 0 Å². The average molecular weight is 407 g/mol. The van der Waals surface area contributed by atoms with Gasteiger partial charge in [0.1, 0.15) is 0 Å². The monoisotopic (exact) mass is 405 g/mol. The lowest BCUT2D eigenvalue weighted by atomic mass is 9.78. The van der Waals surface area contributed by atoms with Crippen LogP contribution in [0.4, 0.5) is 0 Å². The van der Waals surface area contributed by atoms with E-state index in [1.54, 1.807) is 0 Å². The molecule has 0 bridgehead atoms. The molecule has 1 aliphatic heterocycles. The van der Waals surface area contributed by atoms with Crippen molar-refractivity contribution in [2.24, 2.45) is 5.92 Å². The number of thiophene rings is 1. The smallest absolute Gasteiger partial charge is 0.264 e. The molecule has 0 aromatic carbocycles. The topological polar surface area (TPSA) is 20.3 Å². The summed E-state index contributed by atoms with van der Waals surface area (Å²) in [5.41, 5.74) is 0. The minimum absolute atomic E-state index is 0.230. The summed E-state index contributed by atoms with van der Waals surface area (Å²) in [7, 11) is 0. The zero-order valence-electron chi connectivity index (χ0n) is 10.7. The summed E-state index contributed by atoms with van der Waals surface area (Å²) in [6.07, 6.45) is 7.62. The first-order valence-electron chi connectivity index (χ1n) is 6.92. The second-order valence-electron chi connectivity index (χ2n) is 5.48. The van der Waals surface area contributed by atoms with Crippen LogP contribution >= 0.6 is 43.2 Å². The highest BCUT2D eigenvalue weighted by Crippen LogP contribution is 2.38. The van der Waals surface area contributed by atoms with Crippen molar-refractivity contribution in [3.05, 3.63) is 19.2 Å². The summed E-state index contributed by atoms with van der Waals surface area (Å²) in [5.74, 6) is 0.978. The molecule has 1 saturated heterocycles. The highest BCUT2D eigenvalue weighted by molar-refractivity contribution is 9.13. The van der Waals surface area contributed by atoms with Crippen LogP contribution in [-0.2, 0) is 0 Å². The quantitative estimate of drug-likeness (QED) is 0.637. The lowest BCUT2D eigenvalue weighted by molar-refractivity contribution is 0.0395. The van der Waals surface area contributed by atoms with Crippen molar-refractivity contribution in [3.8, 4) is 0 Å². The number of carbonyl (C=O) groups is 1. The molecule has 2 heterocycles. The molecule has 1 saturated carbocycles. The maximum atomic E-state index is 12.7. The van der Waals surface area contributed by atoms with E-state index in [0.717, 1.165) is 25.6 Å². The molecule has 3 rings (SSSR count). The van der Waals surface area contributed by atoms with Crippen molar-refractivity contribution in [1.82, 2.24) is 4.90 Å². The van der Waals surface area contributed by atoms with E-state index in [-0.39, 0.29) is 5.91 Å². The van der Waals surface area contributed by atoms with E-state index in [9.17, 15) is 4.79 Å². The summed E-state index contributed by atoms with van der Waals surface area (Å²) in [6.45, 7) is 0.938. The molecule has 2 atom stereocenters. The molecule has 1 aromatic rings. The van der Waals surface area contributed by atoms with E-state index in [1.165, 1.54) is 49.9 Å². The molecule has 2 fully saturated rings. The van der Waals surface area contributed by atoms with Crippen LogP contribution in [0.5, 0.6) is 0 Å². The Morgan fingerprint density at radius 1 is 1.21 bits per heavy atom. The van der Waals surface area contributed by atoms with Crippen molar-refractivity contribution in [2.75, 3.05) is 6.54 Å². The van der Waals surface area contributed by atoms with Crippen LogP contribution in [0, 0.1) is 5.92 Å². The van der Waals surface area contributed by atoms with Crippen molar-refractivity contribution < 1.29 is 4.79 Å². The van der Waals surface area contributed by atoms with Gasteiger partial charge >= 0.3 is 0 Å². The third kappa shape index (κ3) is 2.79. The zero-order chi connectivity index (χ0) is 13.4. The van der Waals surface area contributed by atoms with Crippen LogP contribution in [-0.4, -0.2) is 23.4 Å². The molecular weight excluding hydrogens is 390 g/mol. The standard InChI is InChI=1S/C14H17Br2NOS/c15-10-8-12(19-13(10)16)14(18)17-7-3-5-9-4-1-2-6-11(9)17/h8-9,11H,1-7H2. The number of rotatable bonds is 1. The van der Waals surface area contributed by atoms with Gasteiger partial charge in [-0.15, -0.1) is 11.3 Å². The van der Waals surface area contributed by atoms with E-state index in [4.69, 9.17) is 0 Å². The average Bonchev–Trinajstić information content (AvgIpc) is 2.77. The molecule has 0 spiro atoms. The number of carbonyl (C=O) groups excluding carboxylic acids is 1. The fourth-order valence-corrected chi connectivity index (χ4v) is 5.46. The lowest BCUT2D eigenvalue weighted by Crippen LogP contribution is -2.49. The van der Waals surface area contributed by atoms with Gasteiger partial charge in [-0.25, -0.2) is 0 Å². The highest BCUT2D eigenvalue weighted by atomic mass is 79.9. The summed E-state index contributed by atoms with van der Waals surface area (Å²) < 4.78 is 1.99. The molecule has 0 N–H and O–H groups in total. The van der Waals surface area contributed by atoms with Crippen LogP contribution in [0.3, 0.4) is 0 Å². The van der Waals surface area contributed by atoms with Crippen molar-refractivity contribution in [2.45, 2.75) is 44.6 Å². The molecule has 1 amide bonds. The molecule has 0 radical (unpaired) electrons. The Morgan fingerprint density at radius 2 is 1.95 bits per heavy atom. The Morgan fingerprint density at radius 3 is 2.68 bits per heavy atom. The molecule has 5 heteroatoms. The number of likely N-dealkylation sites (tertiary alicyclic amines) is 1. The third-order valence-electron chi connectivity index (χ3n) is 4.36. The predicted molar refractivity (Wildman–Crippen MR) is 85.7 cm³/mol. The molecular formula is C14H17Br2NOS. The van der Waals surface area contributed by atoms with E-state index in [0.29, 0.717) is 6.04 Å². The largest absolute Gasteiger partial charge is 0.335 e. The van der Waals surface area contributed by atoms with Gasteiger partial charge in [-0.3, -0.25) is 4.79 Å². The molecule has 2 unspecified atom stereocenters. The van der Waals surface area contributed by atoms with Gasteiger partial charge in [0, 0.05) is 17.1 Å². The van der Waals surface area contributed by atoms with Gasteiger partial charge in [-0.05, 0) is 69.5 Å². The fraction of sp³-hybridized carbons (Fsp3) is 0.643. The second-order valence-corrected chi connectivity index (χ2v) is 8.71. The van der Waals surface area contributed by atoms with Crippen LogP contribution in [0.1, 0.15) is 48.2 Å². The first kappa shape index (κ1) is 14.1. The number of nitrogens with zero attached hydrogens (tertiary/aromatic N) is 1. The molecule has 19 heavy (non-hydrogen) atoms. The maximum Gasteiger partial charge on any atom is 0.264 e. The molecule has 2 aliphatic rings. The van der Waals surface area contributed by atoms with E-state index >= 15 is 0 Å².